The topological polar surface area (TPSA) is 79.3 Å². The number of piperidine rings is 1. The van der Waals surface area contributed by atoms with Gasteiger partial charge in [0.25, 0.3) is 5.92 Å². The lowest BCUT2D eigenvalue weighted by Gasteiger charge is -2.29. The summed E-state index contributed by atoms with van der Waals surface area (Å²) in [4.78, 5) is 2.58. The summed E-state index contributed by atoms with van der Waals surface area (Å²) in [6.07, 6.45) is 24.3. The number of halogens is 5. The molecule has 1 aromatic rings. The summed E-state index contributed by atoms with van der Waals surface area (Å²) in [7, 11) is 1.98. The Morgan fingerprint density at radius 3 is 1.77 bits per heavy atom. The van der Waals surface area contributed by atoms with E-state index in [1.807, 2.05) is 27.8 Å². The van der Waals surface area contributed by atoms with E-state index < -0.39 is 28.9 Å². The van der Waals surface area contributed by atoms with E-state index in [1.54, 1.807) is 12.3 Å². The molecule has 1 aromatic carbocycles. The van der Waals surface area contributed by atoms with Crippen LogP contribution in [0.25, 0.3) is 0 Å². The van der Waals surface area contributed by atoms with Gasteiger partial charge in [0.05, 0.1) is 11.3 Å². The predicted molar refractivity (Wildman–Crippen MR) is 268 cm³/mol. The average molecular weight is 888 g/mol. The van der Waals surface area contributed by atoms with Crippen LogP contribution in [-0.2, 0) is 12.1 Å². The number of allylic oxidation sites excluding steroid dienone is 7. The molecule has 0 saturated carbocycles. The minimum absolute atomic E-state index is 0.0954. The van der Waals surface area contributed by atoms with Gasteiger partial charge in [0, 0.05) is 31.8 Å². The van der Waals surface area contributed by atoms with Gasteiger partial charge in [-0.3, -0.25) is 0 Å². The Hall–Kier alpha value is -3.11. The molecule has 0 radical (unpaired) electrons. The number of hydrogen-bond acceptors (Lipinski definition) is 5. The molecule has 1 aliphatic carbocycles. The fourth-order valence-electron chi connectivity index (χ4n) is 5.96. The van der Waals surface area contributed by atoms with Gasteiger partial charge >= 0.3 is 6.18 Å². The van der Waals surface area contributed by atoms with Crippen LogP contribution in [-0.4, -0.2) is 44.7 Å². The second-order valence-corrected chi connectivity index (χ2v) is 15.4. The normalized spacial score (nSPS) is 14.0. The van der Waals surface area contributed by atoms with Crippen molar-refractivity contribution in [2.45, 2.75) is 186 Å². The van der Waals surface area contributed by atoms with Gasteiger partial charge in [0.1, 0.15) is 0 Å². The van der Waals surface area contributed by atoms with E-state index in [4.69, 9.17) is 11.5 Å². The van der Waals surface area contributed by atoms with Crippen molar-refractivity contribution < 1.29 is 22.0 Å². The van der Waals surface area contributed by atoms with Crippen molar-refractivity contribution in [3.05, 3.63) is 89.8 Å². The number of likely N-dealkylation sites (tertiary alicyclic amines) is 1. The molecule has 1 atom stereocenters. The number of alkyl halides is 5. The van der Waals surface area contributed by atoms with E-state index in [1.165, 1.54) is 108 Å². The third kappa shape index (κ3) is 40.9. The Morgan fingerprint density at radius 1 is 0.887 bits per heavy atom. The van der Waals surface area contributed by atoms with Gasteiger partial charge in [-0.25, -0.2) is 8.78 Å². The number of hydrogen-bond donors (Lipinski definition) is 4. The van der Waals surface area contributed by atoms with Gasteiger partial charge < -0.3 is 27.0 Å². The Morgan fingerprint density at radius 2 is 1.44 bits per heavy atom. The highest BCUT2D eigenvalue weighted by atomic mass is 19.4. The second kappa shape index (κ2) is 45.9. The molecule has 1 saturated heterocycles. The zero-order chi connectivity index (χ0) is 49.0. The molecule has 62 heavy (non-hydrogen) atoms. The number of nitrogens with one attached hydrogen (secondary N) is 2. The zero-order valence-corrected chi connectivity index (χ0v) is 42.4. The van der Waals surface area contributed by atoms with Crippen LogP contribution in [0.2, 0.25) is 0 Å². The molecule has 366 valence electrons. The molecule has 0 aromatic heterocycles. The third-order valence-electron chi connectivity index (χ3n) is 9.31. The van der Waals surface area contributed by atoms with Crippen LogP contribution >= 0.6 is 0 Å². The first-order valence-corrected chi connectivity index (χ1v) is 23.7. The smallest absolute Gasteiger partial charge is 0.398 e. The van der Waals surface area contributed by atoms with Crippen LogP contribution in [0.15, 0.2) is 73.1 Å². The van der Waals surface area contributed by atoms with Crippen molar-refractivity contribution in [1.29, 1.82) is 0 Å². The lowest BCUT2D eigenvalue weighted by atomic mass is 9.99. The monoisotopic (exact) mass is 888 g/mol. The molecule has 1 unspecified atom stereocenters. The first-order valence-electron chi connectivity index (χ1n) is 23.7. The maximum absolute atomic E-state index is 13.0. The van der Waals surface area contributed by atoms with Crippen LogP contribution in [0.4, 0.5) is 27.6 Å². The predicted octanol–water partition coefficient (Wildman–Crippen LogP) is 15.9. The summed E-state index contributed by atoms with van der Waals surface area (Å²) < 4.78 is 63.4. The molecule has 1 aliphatic heterocycles. The Labute approximate surface area is 380 Å². The van der Waals surface area contributed by atoms with E-state index in [0.717, 1.165) is 49.9 Å². The van der Waals surface area contributed by atoms with Crippen LogP contribution in [0, 0.1) is 18.8 Å². The average Bonchev–Trinajstić information content (AvgIpc) is 3.23. The summed E-state index contributed by atoms with van der Waals surface area (Å²) in [5, 5.41) is 6.14. The van der Waals surface area contributed by atoms with Crippen molar-refractivity contribution >= 4 is 5.69 Å². The van der Waals surface area contributed by atoms with Crippen LogP contribution in [0.3, 0.4) is 0 Å². The summed E-state index contributed by atoms with van der Waals surface area (Å²) in [6, 6.07) is 1.72. The molecule has 1 fully saturated rings. The fraction of sp³-hybridized carbons (Fsp3) is 0.692. The molecule has 3 rings (SSSR count). The number of rotatable bonds is 15. The Kier molecular flexibility index (Phi) is 50.3. The number of nitrogen functional groups attached to an aromatic ring is 1. The van der Waals surface area contributed by atoms with Crippen molar-refractivity contribution in [2.24, 2.45) is 17.6 Å². The number of unbranched alkanes of at least 4 members (excludes halogenated alkanes) is 2. The lowest BCUT2D eigenvalue weighted by Crippen LogP contribution is -2.33. The van der Waals surface area contributed by atoms with Crippen molar-refractivity contribution in [1.82, 2.24) is 15.5 Å². The Bertz CT molecular complexity index is 1200. The molecule has 2 aliphatic rings. The molecular weight excluding hydrogens is 790 g/mol. The van der Waals surface area contributed by atoms with E-state index in [0.29, 0.717) is 6.92 Å². The third-order valence-corrected chi connectivity index (χ3v) is 9.31. The number of benzene rings is 1. The lowest BCUT2D eigenvalue weighted by molar-refractivity contribution is -0.137. The van der Waals surface area contributed by atoms with Crippen molar-refractivity contribution in [3.8, 4) is 0 Å². The maximum atomic E-state index is 13.0. The Balaban J connectivity index is -0.000000212. The van der Waals surface area contributed by atoms with Crippen LogP contribution in [0.5, 0.6) is 0 Å². The van der Waals surface area contributed by atoms with E-state index in [2.05, 4.69) is 108 Å². The van der Waals surface area contributed by atoms with Crippen molar-refractivity contribution in [3.63, 3.8) is 0 Å². The molecule has 5 nitrogen and oxygen atoms in total. The van der Waals surface area contributed by atoms with E-state index in [9.17, 15) is 22.0 Å². The highest BCUT2D eigenvalue weighted by Gasteiger charge is 2.37. The quantitative estimate of drug-likeness (QED) is 0.0611. The molecule has 10 heteroatoms. The summed E-state index contributed by atoms with van der Waals surface area (Å²) >= 11 is 0. The number of anilines is 1. The highest BCUT2D eigenvalue weighted by molar-refractivity contribution is 5.58. The van der Waals surface area contributed by atoms with E-state index in [-0.39, 0.29) is 5.56 Å². The number of nitrogens with zero attached hydrogens (tertiary/aromatic N) is 1. The highest BCUT2D eigenvalue weighted by Crippen LogP contribution is 2.41. The summed E-state index contributed by atoms with van der Waals surface area (Å²) in [5.41, 5.74) is 10.6. The van der Waals surface area contributed by atoms with Crippen molar-refractivity contribution in [2.75, 3.05) is 45.5 Å². The first-order chi connectivity index (χ1) is 29.3. The fourth-order valence-corrected chi connectivity index (χ4v) is 5.96. The molecule has 1 heterocycles. The number of aryl methyl sites for hydroxylation is 1. The van der Waals surface area contributed by atoms with Gasteiger partial charge in [-0.1, -0.05) is 125 Å². The molecule has 0 spiro atoms. The van der Waals surface area contributed by atoms with E-state index >= 15 is 0 Å². The minimum atomic E-state index is -4.73. The van der Waals surface area contributed by atoms with Gasteiger partial charge in [-0.05, 0) is 146 Å². The largest absolute Gasteiger partial charge is 0.418 e. The number of nitrogens with two attached hydrogens (primary N) is 2. The standard InChI is InChI=1S/C10H10F5N.C10H21N.C9H19N.C8H13N.C5H11N.C5H12.C3H6.C2H6/c1-5-3-6(9(2,11)12)8(16)7(4-5)10(13,14)15;1-3-5-7-10(6-4-2)8-9-11;1-3-6-10-7-4-9(2)5-8-10;1-7-5-3-4-6-8(7)9-2;1-3-5-6-4-2;1-3-5-4-2;1-3-2;1-2/h3-4H,16H2,1-2H3;5,7,10H,3-4,6,8-9,11H2,1-2H3;9H,3-8H2,1-2H3;3,5,9H,4,6H2,1-2H3;4,6H,2-3,5H2,1H3;3-5H2,1-2H3;3H,1H2,2H3;1-2H3. The molecule has 6 N–H and O–H groups in total. The summed E-state index contributed by atoms with van der Waals surface area (Å²) in [5.74, 6) is -1.69. The van der Waals surface area contributed by atoms with Crippen LogP contribution in [0.1, 0.15) is 183 Å². The van der Waals surface area contributed by atoms with Crippen LogP contribution < -0.4 is 22.1 Å². The van der Waals surface area contributed by atoms with Gasteiger partial charge in [-0.2, -0.15) is 13.2 Å². The second-order valence-electron chi connectivity index (χ2n) is 15.4. The molecular formula is C52H98F5N5. The summed E-state index contributed by atoms with van der Waals surface area (Å²) in [6.45, 7) is 38.1. The zero-order valence-electron chi connectivity index (χ0n) is 42.4. The van der Waals surface area contributed by atoms with Gasteiger partial charge in [-0.15, -0.1) is 6.58 Å². The molecule has 0 bridgehead atoms. The van der Waals surface area contributed by atoms with Gasteiger partial charge in [0.15, 0.2) is 0 Å². The SMILES string of the molecule is C=CC.C=CNCCC.CC.CCC=CC(CCC)CCN.CCCCC.CCCN1CCC(C)CC1.CNC1=C(C)C=CCC1.Cc1cc(C(C)(F)F)c(N)c(C(F)(F)F)c1. The minimum Gasteiger partial charge on any atom is -0.398 e. The maximum Gasteiger partial charge on any atom is 0.418 e. The first kappa shape index (κ1) is 68.0. The molecule has 0 amide bonds. The van der Waals surface area contributed by atoms with Gasteiger partial charge in [0.2, 0.25) is 0 Å².